The number of alkyl halides is 3. The van der Waals surface area contributed by atoms with Gasteiger partial charge >= 0.3 is 6.18 Å². The van der Waals surface area contributed by atoms with E-state index in [0.717, 1.165) is 24.3 Å². The Morgan fingerprint density at radius 2 is 1.93 bits per heavy atom. The molecule has 2 rings (SSSR count). The van der Waals surface area contributed by atoms with Crippen LogP contribution in [0.2, 0.25) is 0 Å². The van der Waals surface area contributed by atoms with Crippen LogP contribution >= 0.6 is 0 Å². The highest BCUT2D eigenvalue weighted by Crippen LogP contribution is 2.29. The molecule has 156 valence electrons. The zero-order valence-electron chi connectivity index (χ0n) is 16.5. The second kappa shape index (κ2) is 9.93. The molecule has 28 heavy (non-hydrogen) atoms. The van der Waals surface area contributed by atoms with Crippen molar-refractivity contribution in [1.82, 2.24) is 15.7 Å². The summed E-state index contributed by atoms with van der Waals surface area (Å²) in [6.07, 6.45) is -1.01. The number of carbonyl (C=O) groups excluding carboxylic acids is 1. The number of carbonyl (C=O) groups is 1. The lowest BCUT2D eigenvalue weighted by Gasteiger charge is -2.30. The molecule has 5 nitrogen and oxygen atoms in total. The van der Waals surface area contributed by atoms with Gasteiger partial charge in [-0.3, -0.25) is 15.1 Å². The molecule has 8 heteroatoms. The van der Waals surface area contributed by atoms with E-state index in [-0.39, 0.29) is 18.6 Å². The summed E-state index contributed by atoms with van der Waals surface area (Å²) in [5, 5.41) is 3.08. The summed E-state index contributed by atoms with van der Waals surface area (Å²) in [7, 11) is 1.80. The first-order valence-electron chi connectivity index (χ1n) is 9.39. The molecule has 0 radical (unpaired) electrons. The lowest BCUT2D eigenvalue weighted by Crippen LogP contribution is -2.47. The molecule has 1 aromatic carbocycles. The lowest BCUT2D eigenvalue weighted by atomic mass is 10.0. The van der Waals surface area contributed by atoms with Gasteiger partial charge in [-0.2, -0.15) is 13.2 Å². The summed E-state index contributed by atoms with van der Waals surface area (Å²) in [5.74, 6) is 0.523. The number of hydrogen-bond acceptors (Lipinski definition) is 4. The van der Waals surface area contributed by atoms with E-state index in [1.807, 2.05) is 11.0 Å². The quantitative estimate of drug-likeness (QED) is 0.658. The third kappa shape index (κ3) is 6.53. The molecular formula is C20H28F3N3O2. The Hall–Kier alpha value is -2.06. The maximum atomic E-state index is 12.6. The van der Waals surface area contributed by atoms with Crippen LogP contribution in [0.25, 0.3) is 0 Å². The largest absolute Gasteiger partial charge is 0.416 e. The van der Waals surface area contributed by atoms with Crippen molar-refractivity contribution in [3.05, 3.63) is 47.2 Å². The van der Waals surface area contributed by atoms with Gasteiger partial charge < -0.3 is 10.2 Å². The number of likely N-dealkylation sites (N-methyl/N-ethyl adjacent to an activating group) is 1. The van der Waals surface area contributed by atoms with Crippen molar-refractivity contribution < 1.29 is 22.8 Å². The highest BCUT2D eigenvalue weighted by atomic mass is 19.4. The number of hydrogen-bond donors (Lipinski definition) is 2. The number of nitrogens with one attached hydrogen (secondary N) is 2. The molecule has 1 aliphatic rings. The van der Waals surface area contributed by atoms with Gasteiger partial charge in [-0.1, -0.05) is 26.0 Å². The normalized spacial score (nSPS) is 16.1. The van der Waals surface area contributed by atoms with E-state index in [1.165, 1.54) is 12.1 Å². The molecule has 1 aliphatic heterocycles. The molecular weight excluding hydrogens is 371 g/mol. The van der Waals surface area contributed by atoms with Crippen molar-refractivity contribution in [3.63, 3.8) is 0 Å². The SMILES string of the molecule is CN[C@@H](CC(C)C)C(=O)N1CC=C(NOCc2ccc(C(F)(F)F)cc2)CC1. The molecule has 0 fully saturated rings. The molecule has 2 N–H and O–H groups in total. The molecule has 0 saturated heterocycles. The highest BCUT2D eigenvalue weighted by Gasteiger charge is 2.30. The zero-order chi connectivity index (χ0) is 20.7. The topological polar surface area (TPSA) is 53.6 Å². The van der Waals surface area contributed by atoms with Crippen molar-refractivity contribution >= 4 is 5.91 Å². The Balaban J connectivity index is 1.78. The Morgan fingerprint density at radius 1 is 1.25 bits per heavy atom. The minimum atomic E-state index is -4.34. The van der Waals surface area contributed by atoms with Crippen molar-refractivity contribution in [2.75, 3.05) is 20.1 Å². The predicted octanol–water partition coefficient (Wildman–Crippen LogP) is 3.48. The highest BCUT2D eigenvalue weighted by molar-refractivity contribution is 5.82. The minimum Gasteiger partial charge on any atom is -0.337 e. The second-order valence-electron chi connectivity index (χ2n) is 7.32. The number of nitrogens with zero attached hydrogens (tertiary/aromatic N) is 1. The number of hydroxylamine groups is 1. The first-order valence-corrected chi connectivity index (χ1v) is 9.39. The van der Waals surface area contributed by atoms with Crippen molar-refractivity contribution in [3.8, 4) is 0 Å². The van der Waals surface area contributed by atoms with Gasteiger partial charge in [0.2, 0.25) is 5.91 Å². The van der Waals surface area contributed by atoms with Crippen LogP contribution in [-0.2, 0) is 22.4 Å². The summed E-state index contributed by atoms with van der Waals surface area (Å²) in [4.78, 5) is 19.8. The van der Waals surface area contributed by atoms with Gasteiger partial charge in [-0.05, 0) is 43.2 Å². The first-order chi connectivity index (χ1) is 13.2. The summed E-state index contributed by atoms with van der Waals surface area (Å²) in [6, 6.07) is 4.69. The number of rotatable bonds is 8. The van der Waals surface area contributed by atoms with E-state index in [4.69, 9.17) is 4.84 Å². The third-order valence-electron chi connectivity index (χ3n) is 4.60. The number of halogens is 3. The summed E-state index contributed by atoms with van der Waals surface area (Å²) in [6.45, 7) is 5.42. The maximum absolute atomic E-state index is 12.6. The molecule has 1 aromatic rings. The molecule has 0 spiro atoms. The molecule has 0 bridgehead atoms. The molecule has 1 atom stereocenters. The fraction of sp³-hybridized carbons (Fsp3) is 0.550. The molecule has 1 amide bonds. The van der Waals surface area contributed by atoms with E-state index < -0.39 is 11.7 Å². The Labute approximate surface area is 163 Å². The minimum absolute atomic E-state index is 0.0946. The van der Waals surface area contributed by atoms with Gasteiger partial charge in [0.1, 0.15) is 0 Å². The van der Waals surface area contributed by atoms with E-state index >= 15 is 0 Å². The number of amides is 1. The number of benzene rings is 1. The van der Waals surface area contributed by atoms with Gasteiger partial charge in [0.05, 0.1) is 18.2 Å². The van der Waals surface area contributed by atoms with Gasteiger partial charge in [-0.25, -0.2) is 0 Å². The van der Waals surface area contributed by atoms with Crippen LogP contribution in [0.1, 0.15) is 37.8 Å². The van der Waals surface area contributed by atoms with Crippen LogP contribution in [0.3, 0.4) is 0 Å². The van der Waals surface area contributed by atoms with Gasteiger partial charge in [0.25, 0.3) is 0 Å². The van der Waals surface area contributed by atoms with E-state index in [1.54, 1.807) is 7.05 Å². The maximum Gasteiger partial charge on any atom is 0.416 e. The van der Waals surface area contributed by atoms with Crippen molar-refractivity contribution in [2.45, 2.75) is 45.5 Å². The Kier molecular flexibility index (Phi) is 7.88. The standard InChI is InChI=1S/C20H28F3N3O2/c1-14(2)12-18(24-3)19(27)26-10-8-17(9-11-26)25-28-13-15-4-6-16(7-5-15)20(21,22)23/h4-8,14,18,24-25H,9-13H2,1-3H3/t18-/m0/s1. The van der Waals surface area contributed by atoms with Gasteiger partial charge in [0, 0.05) is 25.2 Å². The summed E-state index contributed by atoms with van der Waals surface area (Å²) >= 11 is 0. The second-order valence-corrected chi connectivity index (χ2v) is 7.32. The van der Waals surface area contributed by atoms with Crippen LogP contribution in [0.15, 0.2) is 36.0 Å². The lowest BCUT2D eigenvalue weighted by molar-refractivity contribution is -0.137. The summed E-state index contributed by atoms with van der Waals surface area (Å²) < 4.78 is 37.7. The third-order valence-corrected chi connectivity index (χ3v) is 4.60. The van der Waals surface area contributed by atoms with Gasteiger partial charge in [0.15, 0.2) is 0 Å². The fourth-order valence-electron chi connectivity index (χ4n) is 3.00. The fourth-order valence-corrected chi connectivity index (χ4v) is 3.00. The van der Waals surface area contributed by atoms with E-state index in [2.05, 4.69) is 24.6 Å². The van der Waals surface area contributed by atoms with Crippen molar-refractivity contribution in [2.24, 2.45) is 5.92 Å². The van der Waals surface area contributed by atoms with Crippen LogP contribution in [0, 0.1) is 5.92 Å². The molecule has 0 unspecified atom stereocenters. The first kappa shape index (κ1) is 22.2. The Morgan fingerprint density at radius 3 is 2.43 bits per heavy atom. The average Bonchev–Trinajstić information content (AvgIpc) is 2.65. The smallest absolute Gasteiger partial charge is 0.337 e. The van der Waals surface area contributed by atoms with Crippen LogP contribution < -0.4 is 10.8 Å². The zero-order valence-corrected chi connectivity index (χ0v) is 16.5. The van der Waals surface area contributed by atoms with Crippen LogP contribution in [0.5, 0.6) is 0 Å². The molecule has 0 aromatic heterocycles. The van der Waals surface area contributed by atoms with Crippen molar-refractivity contribution in [1.29, 1.82) is 0 Å². The average molecular weight is 399 g/mol. The van der Waals surface area contributed by atoms with Gasteiger partial charge in [-0.15, -0.1) is 0 Å². The summed E-state index contributed by atoms with van der Waals surface area (Å²) in [5.41, 5.74) is 3.66. The van der Waals surface area contributed by atoms with Crippen LogP contribution in [-0.4, -0.2) is 37.0 Å². The Bertz CT molecular complexity index is 672. The van der Waals surface area contributed by atoms with E-state index in [0.29, 0.717) is 31.0 Å². The molecule has 0 aliphatic carbocycles. The molecule has 1 heterocycles. The molecule has 0 saturated carbocycles. The predicted molar refractivity (Wildman–Crippen MR) is 101 cm³/mol. The monoisotopic (exact) mass is 399 g/mol. The van der Waals surface area contributed by atoms with E-state index in [9.17, 15) is 18.0 Å². The van der Waals surface area contributed by atoms with Crippen LogP contribution in [0.4, 0.5) is 13.2 Å².